The summed E-state index contributed by atoms with van der Waals surface area (Å²) >= 11 is 0. The lowest BCUT2D eigenvalue weighted by Gasteiger charge is -2.31. The van der Waals surface area contributed by atoms with Gasteiger partial charge in [-0.3, -0.25) is 19.1 Å². The van der Waals surface area contributed by atoms with Gasteiger partial charge in [-0.1, -0.05) is 36.4 Å². The Kier molecular flexibility index (Phi) is 8.51. The molecule has 0 bridgehead atoms. The van der Waals surface area contributed by atoms with Crippen molar-refractivity contribution in [1.82, 2.24) is 29.2 Å². The molecule has 44 heavy (non-hydrogen) atoms. The van der Waals surface area contributed by atoms with Crippen molar-refractivity contribution in [3.8, 4) is 16.8 Å². The number of likely N-dealkylation sites (tertiary alicyclic amines) is 1. The Morgan fingerprint density at radius 3 is 2.50 bits per heavy atom. The van der Waals surface area contributed by atoms with E-state index in [-0.39, 0.29) is 35.3 Å². The van der Waals surface area contributed by atoms with Gasteiger partial charge in [0, 0.05) is 24.8 Å². The van der Waals surface area contributed by atoms with Gasteiger partial charge in [0.1, 0.15) is 0 Å². The minimum Gasteiger partial charge on any atom is -0.352 e. The molecule has 2 aromatic carbocycles. The number of fused-ring (bicyclic) bond motifs is 1. The summed E-state index contributed by atoms with van der Waals surface area (Å²) in [4.78, 5) is 50.0. The molecule has 1 atom stereocenters. The summed E-state index contributed by atoms with van der Waals surface area (Å²) in [5.74, 6) is 0.0901. The van der Waals surface area contributed by atoms with Crippen LogP contribution in [0.3, 0.4) is 0 Å². The average molecular weight is 595 g/mol. The van der Waals surface area contributed by atoms with E-state index in [1.54, 1.807) is 10.8 Å². The van der Waals surface area contributed by atoms with Crippen molar-refractivity contribution >= 4 is 16.9 Å². The number of hydrogen-bond donors (Lipinski definition) is 1. The average Bonchev–Trinajstić information content (AvgIpc) is 3.44. The van der Waals surface area contributed by atoms with Crippen LogP contribution in [0.4, 0.5) is 0 Å². The second-order valence-corrected chi connectivity index (χ2v) is 12.8. The molecule has 230 valence electrons. The number of benzene rings is 2. The number of pyridine rings is 1. The van der Waals surface area contributed by atoms with Crippen molar-refractivity contribution in [2.75, 3.05) is 27.7 Å². The summed E-state index contributed by atoms with van der Waals surface area (Å²) in [7, 11) is 6.09. The molecule has 6 rings (SSSR count). The molecule has 3 heterocycles. The highest BCUT2D eigenvalue weighted by molar-refractivity contribution is 5.82. The minimum absolute atomic E-state index is 0.0500. The summed E-state index contributed by atoms with van der Waals surface area (Å²) in [5, 5.41) is 3.67. The first-order valence-corrected chi connectivity index (χ1v) is 15.7. The highest BCUT2D eigenvalue weighted by Gasteiger charge is 2.32. The van der Waals surface area contributed by atoms with Crippen LogP contribution < -0.4 is 16.6 Å². The van der Waals surface area contributed by atoms with Crippen molar-refractivity contribution < 1.29 is 4.79 Å². The minimum atomic E-state index is -0.377. The van der Waals surface area contributed by atoms with Gasteiger partial charge in [0.25, 0.3) is 5.56 Å². The maximum atomic E-state index is 14.3. The summed E-state index contributed by atoms with van der Waals surface area (Å²) in [5.41, 5.74) is 4.50. The second kappa shape index (κ2) is 12.5. The van der Waals surface area contributed by atoms with Crippen LogP contribution in [0.5, 0.6) is 0 Å². The van der Waals surface area contributed by atoms with Crippen LogP contribution in [-0.2, 0) is 11.3 Å². The SMILES string of the molecule is Cc1cnc2c(c1)c(=O)n(C1CCC(NC(=O)[C@H]3CCCN3C)CC1)c(=O)n2-c1cccc(-c2ccccc2CN(C)C)c1. The molecular weight excluding hydrogens is 552 g/mol. The Bertz CT molecular complexity index is 1800. The number of aryl methyl sites for hydroxylation is 1. The number of amides is 1. The van der Waals surface area contributed by atoms with Gasteiger partial charge in [-0.25, -0.2) is 14.3 Å². The summed E-state index contributed by atoms with van der Waals surface area (Å²) in [6.07, 6.45) is 6.36. The summed E-state index contributed by atoms with van der Waals surface area (Å²) in [6, 6.07) is 17.8. The van der Waals surface area contributed by atoms with E-state index in [0.717, 1.165) is 55.5 Å². The van der Waals surface area contributed by atoms with Gasteiger partial charge in [0.2, 0.25) is 5.91 Å². The number of likely N-dealkylation sites (N-methyl/N-ethyl adjacent to an activating group) is 1. The second-order valence-electron chi connectivity index (χ2n) is 12.8. The molecule has 0 spiro atoms. The molecule has 1 aliphatic heterocycles. The molecule has 2 aliphatic rings. The number of nitrogens with one attached hydrogen (secondary N) is 1. The monoisotopic (exact) mass is 594 g/mol. The molecule has 0 unspecified atom stereocenters. The van der Waals surface area contributed by atoms with Gasteiger partial charge in [-0.15, -0.1) is 0 Å². The maximum Gasteiger partial charge on any atom is 0.337 e. The molecule has 1 saturated carbocycles. The molecule has 1 saturated heterocycles. The fraction of sp³-hybridized carbons (Fsp3) is 0.429. The van der Waals surface area contributed by atoms with Crippen LogP contribution in [-0.4, -0.2) is 69.6 Å². The van der Waals surface area contributed by atoms with Gasteiger partial charge < -0.3 is 10.2 Å². The zero-order chi connectivity index (χ0) is 31.0. The zero-order valence-electron chi connectivity index (χ0n) is 26.1. The topological polar surface area (TPSA) is 92.5 Å². The molecule has 2 fully saturated rings. The lowest BCUT2D eigenvalue weighted by molar-refractivity contribution is -0.126. The molecule has 1 amide bonds. The molecule has 1 N–H and O–H groups in total. The molecule has 2 aromatic heterocycles. The third-order valence-electron chi connectivity index (χ3n) is 9.21. The Balaban J connectivity index is 1.36. The number of hydrogen-bond acceptors (Lipinski definition) is 6. The van der Waals surface area contributed by atoms with Crippen LogP contribution in [0.25, 0.3) is 27.8 Å². The highest BCUT2D eigenvalue weighted by Crippen LogP contribution is 2.30. The number of nitrogens with zero attached hydrogens (tertiary/aromatic N) is 5. The van der Waals surface area contributed by atoms with Gasteiger partial charge in [-0.05, 0) is 114 Å². The first-order chi connectivity index (χ1) is 21.2. The molecule has 9 heteroatoms. The van der Waals surface area contributed by atoms with E-state index < -0.39 is 0 Å². The fourth-order valence-corrected chi connectivity index (χ4v) is 6.98. The van der Waals surface area contributed by atoms with Crippen molar-refractivity contribution in [2.45, 2.75) is 70.1 Å². The number of carbonyl (C=O) groups excluding carboxylic acids is 1. The van der Waals surface area contributed by atoms with E-state index in [4.69, 9.17) is 0 Å². The largest absolute Gasteiger partial charge is 0.352 e. The van der Waals surface area contributed by atoms with Crippen molar-refractivity contribution in [2.24, 2.45) is 0 Å². The smallest absolute Gasteiger partial charge is 0.337 e. The van der Waals surface area contributed by atoms with Crippen LogP contribution in [0.1, 0.15) is 55.7 Å². The molecule has 0 radical (unpaired) electrons. The predicted octanol–water partition coefficient (Wildman–Crippen LogP) is 4.28. The van der Waals surface area contributed by atoms with E-state index in [1.807, 2.05) is 64.5 Å². The van der Waals surface area contributed by atoms with E-state index in [9.17, 15) is 14.4 Å². The van der Waals surface area contributed by atoms with E-state index in [2.05, 4.69) is 38.3 Å². The molecule has 4 aromatic rings. The van der Waals surface area contributed by atoms with Gasteiger partial charge in [0.15, 0.2) is 5.65 Å². The predicted molar refractivity (Wildman–Crippen MR) is 174 cm³/mol. The van der Waals surface area contributed by atoms with E-state index in [0.29, 0.717) is 29.6 Å². The first kappa shape index (κ1) is 30.0. The van der Waals surface area contributed by atoms with Crippen molar-refractivity contribution in [3.63, 3.8) is 0 Å². The van der Waals surface area contributed by atoms with Gasteiger partial charge in [-0.2, -0.15) is 0 Å². The van der Waals surface area contributed by atoms with Crippen LogP contribution in [0.2, 0.25) is 0 Å². The van der Waals surface area contributed by atoms with E-state index >= 15 is 0 Å². The summed E-state index contributed by atoms with van der Waals surface area (Å²) in [6.45, 7) is 3.64. The Hall–Kier alpha value is -4.08. The van der Waals surface area contributed by atoms with Crippen LogP contribution in [0, 0.1) is 6.92 Å². The summed E-state index contributed by atoms with van der Waals surface area (Å²) < 4.78 is 3.04. The third kappa shape index (κ3) is 5.86. The highest BCUT2D eigenvalue weighted by atomic mass is 16.2. The van der Waals surface area contributed by atoms with Crippen molar-refractivity contribution in [3.05, 3.63) is 92.8 Å². The van der Waals surface area contributed by atoms with Gasteiger partial charge in [0.05, 0.1) is 17.1 Å². The Morgan fingerprint density at radius 2 is 1.77 bits per heavy atom. The lowest BCUT2D eigenvalue weighted by atomic mass is 9.90. The number of rotatable bonds is 7. The van der Waals surface area contributed by atoms with Crippen LogP contribution >= 0.6 is 0 Å². The fourth-order valence-electron chi connectivity index (χ4n) is 6.98. The quantitative estimate of drug-likeness (QED) is 0.344. The standard InChI is InChI=1S/C35H42N6O3/c1-23-19-30-32(36-21-23)40(28-11-7-10-24(20-28)29-12-6-5-9-25(29)22-38(2)3)35(44)41(34(30)43)27-16-14-26(15-17-27)37-33(42)31-13-8-18-39(31)4/h5-7,9-12,19-21,26-27,31H,8,13-18,22H2,1-4H3,(H,37,42)/t26?,27?,31-/m1/s1. The Morgan fingerprint density at radius 1 is 1.00 bits per heavy atom. The Labute approximate surface area is 258 Å². The molecule has 9 nitrogen and oxygen atoms in total. The number of aromatic nitrogens is 3. The van der Waals surface area contributed by atoms with Crippen LogP contribution in [0.15, 0.2) is 70.4 Å². The first-order valence-electron chi connectivity index (χ1n) is 15.7. The third-order valence-corrected chi connectivity index (χ3v) is 9.21. The normalized spacial score (nSPS) is 20.8. The molecular formula is C35H42N6O3. The van der Waals surface area contributed by atoms with Gasteiger partial charge >= 0.3 is 5.69 Å². The van der Waals surface area contributed by atoms with Crippen molar-refractivity contribution in [1.29, 1.82) is 0 Å². The number of carbonyl (C=O) groups is 1. The molecule has 1 aliphatic carbocycles. The van der Waals surface area contributed by atoms with E-state index in [1.165, 1.54) is 10.1 Å². The zero-order valence-corrected chi connectivity index (χ0v) is 26.1. The maximum absolute atomic E-state index is 14.3. The lowest BCUT2D eigenvalue weighted by Crippen LogP contribution is -2.48.